The van der Waals surface area contributed by atoms with Crippen molar-refractivity contribution < 1.29 is 4.39 Å². The van der Waals surface area contributed by atoms with Crippen molar-refractivity contribution in [3.05, 3.63) is 30.1 Å². The molecule has 1 aromatic carbocycles. The second-order valence-corrected chi connectivity index (χ2v) is 3.72. The molecule has 0 saturated carbocycles. The van der Waals surface area contributed by atoms with E-state index in [0.29, 0.717) is 5.69 Å². The van der Waals surface area contributed by atoms with E-state index in [0.717, 1.165) is 32.4 Å². The molecular formula is C12H19FN2. The van der Waals surface area contributed by atoms with Crippen molar-refractivity contribution in [2.75, 3.05) is 25.0 Å². The molecule has 0 amide bonds. The first kappa shape index (κ1) is 12.0. The molecule has 0 aliphatic heterocycles. The number of hydrogen-bond acceptors (Lipinski definition) is 2. The predicted molar refractivity (Wildman–Crippen MR) is 62.6 cm³/mol. The molecule has 0 aliphatic carbocycles. The second-order valence-electron chi connectivity index (χ2n) is 3.72. The number of hydrogen-bond donors (Lipinski definition) is 1. The summed E-state index contributed by atoms with van der Waals surface area (Å²) in [7, 11) is 1.92. The van der Waals surface area contributed by atoms with Gasteiger partial charge in [0.2, 0.25) is 0 Å². The molecular weight excluding hydrogens is 191 g/mol. The minimum absolute atomic E-state index is 0.154. The molecule has 0 bridgehead atoms. The number of nitrogens with two attached hydrogens (primary N) is 1. The van der Waals surface area contributed by atoms with Crippen LogP contribution < -0.4 is 10.6 Å². The zero-order valence-electron chi connectivity index (χ0n) is 9.25. The van der Waals surface area contributed by atoms with E-state index in [1.54, 1.807) is 12.1 Å². The van der Waals surface area contributed by atoms with Crippen LogP contribution in [0.3, 0.4) is 0 Å². The average molecular weight is 210 g/mol. The van der Waals surface area contributed by atoms with Gasteiger partial charge in [-0.1, -0.05) is 18.6 Å². The molecule has 15 heavy (non-hydrogen) atoms. The normalized spacial score (nSPS) is 10.3. The highest BCUT2D eigenvalue weighted by atomic mass is 19.1. The van der Waals surface area contributed by atoms with Crippen LogP contribution in [0, 0.1) is 5.82 Å². The lowest BCUT2D eigenvalue weighted by atomic mass is 10.2. The monoisotopic (exact) mass is 210 g/mol. The Bertz CT molecular complexity index is 289. The molecule has 3 heteroatoms. The molecule has 0 fully saturated rings. The highest BCUT2D eigenvalue weighted by Gasteiger charge is 2.05. The maximum atomic E-state index is 13.4. The van der Waals surface area contributed by atoms with Gasteiger partial charge in [-0.2, -0.15) is 0 Å². The fraction of sp³-hybridized carbons (Fsp3) is 0.500. The molecule has 0 spiro atoms. The maximum absolute atomic E-state index is 13.4. The SMILES string of the molecule is CN(CCCCCN)c1ccccc1F. The lowest BCUT2D eigenvalue weighted by molar-refractivity contribution is 0.615. The molecule has 0 unspecified atom stereocenters. The largest absolute Gasteiger partial charge is 0.372 e. The van der Waals surface area contributed by atoms with Crippen LogP contribution in [0.15, 0.2) is 24.3 Å². The van der Waals surface area contributed by atoms with Crippen molar-refractivity contribution in [1.29, 1.82) is 0 Å². The molecule has 0 aliphatic rings. The number of para-hydroxylation sites is 1. The Balaban J connectivity index is 2.40. The second kappa shape index (κ2) is 6.40. The summed E-state index contributed by atoms with van der Waals surface area (Å²) in [5, 5.41) is 0. The van der Waals surface area contributed by atoms with Crippen LogP contribution in [0.25, 0.3) is 0 Å². The molecule has 0 heterocycles. The third kappa shape index (κ3) is 3.88. The van der Waals surface area contributed by atoms with Crippen LogP contribution >= 0.6 is 0 Å². The summed E-state index contributed by atoms with van der Waals surface area (Å²) >= 11 is 0. The lowest BCUT2D eigenvalue weighted by Gasteiger charge is -2.19. The Morgan fingerprint density at radius 1 is 1.20 bits per heavy atom. The van der Waals surface area contributed by atoms with E-state index in [-0.39, 0.29) is 5.82 Å². The molecule has 2 nitrogen and oxygen atoms in total. The Labute approximate surface area is 90.9 Å². The highest BCUT2D eigenvalue weighted by Crippen LogP contribution is 2.17. The fourth-order valence-electron chi connectivity index (χ4n) is 1.55. The number of halogens is 1. The van der Waals surface area contributed by atoms with Gasteiger partial charge in [-0.25, -0.2) is 4.39 Å². The van der Waals surface area contributed by atoms with Crippen LogP contribution in [0.2, 0.25) is 0 Å². The average Bonchev–Trinajstić information content (AvgIpc) is 2.25. The quantitative estimate of drug-likeness (QED) is 0.730. The number of unbranched alkanes of at least 4 members (excludes halogenated alkanes) is 2. The van der Waals surface area contributed by atoms with E-state index in [4.69, 9.17) is 5.73 Å². The maximum Gasteiger partial charge on any atom is 0.146 e. The van der Waals surface area contributed by atoms with Gasteiger partial charge in [0.15, 0.2) is 0 Å². The van der Waals surface area contributed by atoms with E-state index in [1.807, 2.05) is 18.0 Å². The molecule has 0 aromatic heterocycles. The minimum atomic E-state index is -0.154. The Morgan fingerprint density at radius 2 is 1.93 bits per heavy atom. The van der Waals surface area contributed by atoms with Gasteiger partial charge in [0.05, 0.1) is 5.69 Å². The van der Waals surface area contributed by atoms with E-state index in [2.05, 4.69) is 0 Å². The number of anilines is 1. The highest BCUT2D eigenvalue weighted by molar-refractivity contribution is 5.46. The zero-order valence-corrected chi connectivity index (χ0v) is 9.25. The van der Waals surface area contributed by atoms with Crippen molar-refractivity contribution in [2.45, 2.75) is 19.3 Å². The van der Waals surface area contributed by atoms with Gasteiger partial charge < -0.3 is 10.6 Å². The first-order valence-electron chi connectivity index (χ1n) is 5.41. The first-order valence-corrected chi connectivity index (χ1v) is 5.41. The molecule has 2 N–H and O–H groups in total. The van der Waals surface area contributed by atoms with Crippen molar-refractivity contribution >= 4 is 5.69 Å². The van der Waals surface area contributed by atoms with Crippen LogP contribution in [-0.4, -0.2) is 20.1 Å². The summed E-state index contributed by atoms with van der Waals surface area (Å²) in [5.74, 6) is -0.154. The van der Waals surface area contributed by atoms with Gasteiger partial charge >= 0.3 is 0 Å². The fourth-order valence-corrected chi connectivity index (χ4v) is 1.55. The topological polar surface area (TPSA) is 29.3 Å². The Kier molecular flexibility index (Phi) is 5.12. The summed E-state index contributed by atoms with van der Waals surface area (Å²) in [6.45, 7) is 1.62. The van der Waals surface area contributed by atoms with Crippen LogP contribution in [0.4, 0.5) is 10.1 Å². The predicted octanol–water partition coefficient (Wildman–Crippen LogP) is 2.39. The molecule has 0 radical (unpaired) electrons. The van der Waals surface area contributed by atoms with Gasteiger partial charge in [-0.05, 0) is 31.5 Å². The summed E-state index contributed by atoms with van der Waals surface area (Å²) in [6.07, 6.45) is 3.21. The molecule has 84 valence electrons. The molecule has 1 rings (SSSR count). The van der Waals surface area contributed by atoms with Gasteiger partial charge in [-0.15, -0.1) is 0 Å². The van der Waals surface area contributed by atoms with Gasteiger partial charge in [0.25, 0.3) is 0 Å². The number of nitrogens with zero attached hydrogens (tertiary/aromatic N) is 1. The summed E-state index contributed by atoms with van der Waals surface area (Å²) in [4.78, 5) is 1.95. The van der Waals surface area contributed by atoms with Crippen molar-refractivity contribution in [3.63, 3.8) is 0 Å². The van der Waals surface area contributed by atoms with Gasteiger partial charge in [0, 0.05) is 13.6 Å². The van der Waals surface area contributed by atoms with E-state index >= 15 is 0 Å². The minimum Gasteiger partial charge on any atom is -0.372 e. The summed E-state index contributed by atoms with van der Waals surface area (Å²) < 4.78 is 13.4. The number of rotatable bonds is 6. The zero-order chi connectivity index (χ0) is 11.1. The van der Waals surface area contributed by atoms with Gasteiger partial charge in [-0.3, -0.25) is 0 Å². The smallest absolute Gasteiger partial charge is 0.146 e. The lowest BCUT2D eigenvalue weighted by Crippen LogP contribution is -2.19. The third-order valence-electron chi connectivity index (χ3n) is 2.46. The van der Waals surface area contributed by atoms with Crippen LogP contribution in [-0.2, 0) is 0 Å². The van der Waals surface area contributed by atoms with E-state index in [1.165, 1.54) is 6.07 Å². The van der Waals surface area contributed by atoms with Crippen molar-refractivity contribution in [1.82, 2.24) is 0 Å². The standard InChI is InChI=1S/C12H19FN2/c1-15(10-6-2-5-9-14)12-8-4-3-7-11(12)13/h3-4,7-8H,2,5-6,9-10,14H2,1H3. The third-order valence-corrected chi connectivity index (χ3v) is 2.46. The molecule has 0 atom stereocenters. The Morgan fingerprint density at radius 3 is 2.60 bits per heavy atom. The van der Waals surface area contributed by atoms with Crippen molar-refractivity contribution in [2.24, 2.45) is 5.73 Å². The van der Waals surface area contributed by atoms with Gasteiger partial charge in [0.1, 0.15) is 5.82 Å². The first-order chi connectivity index (χ1) is 7.25. The molecule has 1 aromatic rings. The van der Waals surface area contributed by atoms with Crippen LogP contribution in [0.5, 0.6) is 0 Å². The summed E-state index contributed by atoms with van der Waals surface area (Å²) in [5.41, 5.74) is 6.08. The summed E-state index contributed by atoms with van der Waals surface area (Å²) in [6, 6.07) is 6.86. The molecule has 0 saturated heterocycles. The van der Waals surface area contributed by atoms with Crippen molar-refractivity contribution in [3.8, 4) is 0 Å². The van der Waals surface area contributed by atoms with Crippen LogP contribution in [0.1, 0.15) is 19.3 Å². The van der Waals surface area contributed by atoms with E-state index < -0.39 is 0 Å². The van der Waals surface area contributed by atoms with E-state index in [9.17, 15) is 4.39 Å². The number of benzene rings is 1. The Hall–Kier alpha value is -1.09.